The first-order chi connectivity index (χ1) is 10.0. The minimum atomic E-state index is -4.34. The maximum absolute atomic E-state index is 13.2. The first-order valence-electron chi connectivity index (χ1n) is 6.98. The number of fused-ring (bicyclic) bond motifs is 1. The Balaban J connectivity index is 2.09. The van der Waals surface area contributed by atoms with Gasteiger partial charge in [-0.2, -0.15) is 13.2 Å². The molecule has 1 aromatic heterocycles. The summed E-state index contributed by atoms with van der Waals surface area (Å²) >= 11 is 0. The third kappa shape index (κ3) is 2.50. The van der Waals surface area contributed by atoms with Crippen LogP contribution in [0.4, 0.5) is 19.1 Å². The van der Waals surface area contributed by atoms with Gasteiger partial charge in [-0.25, -0.2) is 4.98 Å². The van der Waals surface area contributed by atoms with E-state index in [1.165, 1.54) is 6.07 Å². The van der Waals surface area contributed by atoms with Crippen LogP contribution in [0, 0.1) is 0 Å². The van der Waals surface area contributed by atoms with Gasteiger partial charge < -0.3 is 9.88 Å². The molecule has 2 aromatic rings. The first-order valence-corrected chi connectivity index (χ1v) is 6.98. The molecule has 0 saturated carbocycles. The standard InChI is InChI=1S/C15H16F3N3/c1-2-10-9-21-13(7-8-19-14(21)20-10)11-5-3-4-6-12(11)15(16,17)18/h3-6,9,13H,2,7-8H2,1H3,(H,19,20). The van der Waals surface area contributed by atoms with E-state index in [0.29, 0.717) is 24.5 Å². The van der Waals surface area contributed by atoms with E-state index in [1.807, 2.05) is 17.7 Å². The Morgan fingerprint density at radius 2 is 2.10 bits per heavy atom. The number of nitrogens with one attached hydrogen (secondary N) is 1. The zero-order valence-corrected chi connectivity index (χ0v) is 11.6. The number of hydrogen-bond donors (Lipinski definition) is 1. The number of aromatic nitrogens is 2. The number of rotatable bonds is 2. The molecule has 1 N–H and O–H groups in total. The van der Waals surface area contributed by atoms with Gasteiger partial charge in [0, 0.05) is 12.7 Å². The molecule has 1 aliphatic heterocycles. The Morgan fingerprint density at radius 3 is 2.81 bits per heavy atom. The molecule has 2 heterocycles. The summed E-state index contributed by atoms with van der Waals surface area (Å²) in [5, 5.41) is 3.15. The van der Waals surface area contributed by atoms with Crippen LogP contribution < -0.4 is 5.32 Å². The number of benzene rings is 1. The van der Waals surface area contributed by atoms with Gasteiger partial charge in [-0.1, -0.05) is 25.1 Å². The Bertz CT molecular complexity index is 646. The molecule has 0 amide bonds. The summed E-state index contributed by atoms with van der Waals surface area (Å²) in [5.74, 6) is 0.653. The van der Waals surface area contributed by atoms with Crippen molar-refractivity contribution in [1.29, 1.82) is 0 Å². The molecule has 3 nitrogen and oxygen atoms in total. The summed E-state index contributed by atoms with van der Waals surface area (Å²) in [6, 6.07) is 5.47. The third-order valence-electron chi connectivity index (χ3n) is 3.81. The second kappa shape index (κ2) is 5.09. The molecule has 6 heteroatoms. The number of aryl methyl sites for hydroxylation is 1. The van der Waals surface area contributed by atoms with Crippen molar-refractivity contribution >= 4 is 5.95 Å². The predicted octanol–water partition coefficient (Wildman–Crippen LogP) is 3.87. The number of hydrogen-bond acceptors (Lipinski definition) is 2. The van der Waals surface area contributed by atoms with Gasteiger partial charge in [-0.05, 0) is 24.5 Å². The summed E-state index contributed by atoms with van der Waals surface area (Å²) < 4.78 is 41.5. The number of imidazole rings is 1. The molecular weight excluding hydrogens is 279 g/mol. The minimum Gasteiger partial charge on any atom is -0.356 e. The van der Waals surface area contributed by atoms with Crippen molar-refractivity contribution in [1.82, 2.24) is 9.55 Å². The fraction of sp³-hybridized carbons (Fsp3) is 0.400. The van der Waals surface area contributed by atoms with E-state index in [2.05, 4.69) is 10.3 Å². The lowest BCUT2D eigenvalue weighted by Gasteiger charge is -2.28. The highest BCUT2D eigenvalue weighted by Crippen LogP contribution is 2.38. The number of halogens is 3. The van der Waals surface area contributed by atoms with Gasteiger partial charge in [0.25, 0.3) is 0 Å². The lowest BCUT2D eigenvalue weighted by Crippen LogP contribution is -2.25. The summed E-state index contributed by atoms with van der Waals surface area (Å²) in [6.45, 7) is 2.60. The summed E-state index contributed by atoms with van der Waals surface area (Å²) in [4.78, 5) is 4.41. The average Bonchev–Trinajstić information content (AvgIpc) is 2.89. The van der Waals surface area contributed by atoms with Crippen LogP contribution in [0.1, 0.15) is 36.2 Å². The van der Waals surface area contributed by atoms with Crippen molar-refractivity contribution in [2.75, 3.05) is 11.9 Å². The van der Waals surface area contributed by atoms with Gasteiger partial charge in [-0.15, -0.1) is 0 Å². The quantitative estimate of drug-likeness (QED) is 0.911. The molecule has 0 saturated heterocycles. The molecule has 1 unspecified atom stereocenters. The monoisotopic (exact) mass is 295 g/mol. The second-order valence-electron chi connectivity index (χ2n) is 5.13. The zero-order valence-electron chi connectivity index (χ0n) is 11.6. The second-order valence-corrected chi connectivity index (χ2v) is 5.13. The van der Waals surface area contributed by atoms with Crippen molar-refractivity contribution in [3.8, 4) is 0 Å². The van der Waals surface area contributed by atoms with Crippen molar-refractivity contribution < 1.29 is 13.2 Å². The molecule has 1 atom stereocenters. The van der Waals surface area contributed by atoms with Crippen LogP contribution in [0.25, 0.3) is 0 Å². The van der Waals surface area contributed by atoms with Gasteiger partial charge in [0.05, 0.1) is 17.3 Å². The lowest BCUT2D eigenvalue weighted by atomic mass is 9.96. The first kappa shape index (κ1) is 14.0. The van der Waals surface area contributed by atoms with E-state index in [0.717, 1.165) is 18.2 Å². The van der Waals surface area contributed by atoms with Crippen LogP contribution in [0.3, 0.4) is 0 Å². The van der Waals surface area contributed by atoms with Crippen molar-refractivity contribution in [3.63, 3.8) is 0 Å². The van der Waals surface area contributed by atoms with Gasteiger partial charge in [0.2, 0.25) is 5.95 Å². The molecule has 0 bridgehead atoms. The molecule has 0 spiro atoms. The van der Waals surface area contributed by atoms with Crippen LogP contribution in [-0.4, -0.2) is 16.1 Å². The smallest absolute Gasteiger partial charge is 0.356 e. The molecule has 0 radical (unpaired) electrons. The van der Waals surface area contributed by atoms with Crippen molar-refractivity contribution in [2.45, 2.75) is 32.0 Å². The Morgan fingerprint density at radius 1 is 1.33 bits per heavy atom. The molecule has 1 aromatic carbocycles. The van der Waals surface area contributed by atoms with E-state index in [-0.39, 0.29) is 6.04 Å². The fourth-order valence-electron chi connectivity index (χ4n) is 2.79. The SMILES string of the molecule is CCc1cn2c(n1)NCCC2c1ccccc1C(F)(F)F. The highest BCUT2D eigenvalue weighted by molar-refractivity contribution is 5.39. The maximum atomic E-state index is 13.2. The molecule has 0 aliphatic carbocycles. The van der Waals surface area contributed by atoms with Crippen LogP contribution in [0.15, 0.2) is 30.5 Å². The largest absolute Gasteiger partial charge is 0.416 e. The average molecular weight is 295 g/mol. The van der Waals surface area contributed by atoms with Crippen LogP contribution in [-0.2, 0) is 12.6 Å². The summed E-state index contributed by atoms with van der Waals surface area (Å²) in [5.41, 5.74) is 0.635. The number of anilines is 1. The predicted molar refractivity (Wildman–Crippen MR) is 74.3 cm³/mol. The Hall–Kier alpha value is -1.98. The highest BCUT2D eigenvalue weighted by atomic mass is 19.4. The molecule has 112 valence electrons. The highest BCUT2D eigenvalue weighted by Gasteiger charge is 2.36. The van der Waals surface area contributed by atoms with Crippen LogP contribution in [0.5, 0.6) is 0 Å². The molecule has 1 aliphatic rings. The lowest BCUT2D eigenvalue weighted by molar-refractivity contribution is -0.138. The number of nitrogens with zero attached hydrogens (tertiary/aromatic N) is 2. The van der Waals surface area contributed by atoms with Gasteiger partial charge >= 0.3 is 6.18 Å². The van der Waals surface area contributed by atoms with Crippen LogP contribution in [0.2, 0.25) is 0 Å². The molecule has 0 fully saturated rings. The molecule has 21 heavy (non-hydrogen) atoms. The molecular formula is C15H16F3N3. The fourth-order valence-corrected chi connectivity index (χ4v) is 2.79. The Labute approximate surface area is 120 Å². The third-order valence-corrected chi connectivity index (χ3v) is 3.81. The topological polar surface area (TPSA) is 29.9 Å². The summed E-state index contributed by atoms with van der Waals surface area (Å²) in [6.07, 6.45) is -1.12. The maximum Gasteiger partial charge on any atom is 0.416 e. The van der Waals surface area contributed by atoms with E-state index in [1.54, 1.807) is 12.1 Å². The normalized spacial score (nSPS) is 18.2. The minimum absolute atomic E-state index is 0.313. The zero-order chi connectivity index (χ0) is 15.0. The Kier molecular flexibility index (Phi) is 3.39. The van der Waals surface area contributed by atoms with Crippen molar-refractivity contribution in [3.05, 3.63) is 47.3 Å². The summed E-state index contributed by atoms with van der Waals surface area (Å²) in [7, 11) is 0. The van der Waals surface area contributed by atoms with Crippen LogP contribution >= 0.6 is 0 Å². The number of alkyl halides is 3. The van der Waals surface area contributed by atoms with E-state index in [4.69, 9.17) is 0 Å². The van der Waals surface area contributed by atoms with E-state index in [9.17, 15) is 13.2 Å². The van der Waals surface area contributed by atoms with Crippen molar-refractivity contribution in [2.24, 2.45) is 0 Å². The molecule has 3 rings (SSSR count). The van der Waals surface area contributed by atoms with Gasteiger partial charge in [0.15, 0.2) is 0 Å². The van der Waals surface area contributed by atoms with Gasteiger partial charge in [-0.3, -0.25) is 0 Å². The van der Waals surface area contributed by atoms with E-state index < -0.39 is 11.7 Å². The van der Waals surface area contributed by atoms with E-state index >= 15 is 0 Å². The van der Waals surface area contributed by atoms with Gasteiger partial charge in [0.1, 0.15) is 0 Å².